The predicted molar refractivity (Wildman–Crippen MR) is 85.1 cm³/mol. The Morgan fingerprint density at radius 1 is 1.19 bits per heavy atom. The van der Waals surface area contributed by atoms with Gasteiger partial charge in [0.05, 0.1) is 12.2 Å². The van der Waals surface area contributed by atoms with E-state index in [4.69, 9.17) is 4.74 Å². The first-order chi connectivity index (χ1) is 10.2. The number of rotatable bonds is 5. The van der Waals surface area contributed by atoms with Crippen molar-refractivity contribution in [3.8, 4) is 0 Å². The van der Waals surface area contributed by atoms with Crippen molar-refractivity contribution in [1.82, 2.24) is 0 Å². The molecule has 1 aromatic heterocycles. The maximum Gasteiger partial charge on any atom is 0.341 e. The second-order valence-electron chi connectivity index (χ2n) is 5.29. The van der Waals surface area contributed by atoms with Gasteiger partial charge in [-0.2, -0.15) is 0 Å². The van der Waals surface area contributed by atoms with Gasteiger partial charge in [0.25, 0.3) is 0 Å². The lowest BCUT2D eigenvalue weighted by atomic mass is 10.1. The van der Waals surface area contributed by atoms with Crippen LogP contribution in [0.4, 0.5) is 5.00 Å². The maximum atomic E-state index is 12.3. The van der Waals surface area contributed by atoms with Gasteiger partial charge >= 0.3 is 5.97 Å². The van der Waals surface area contributed by atoms with Crippen molar-refractivity contribution in [2.24, 2.45) is 0 Å². The molecule has 116 valence electrons. The molecule has 0 unspecified atom stereocenters. The first-order valence-corrected chi connectivity index (χ1v) is 8.60. The molecule has 1 amide bonds. The van der Waals surface area contributed by atoms with Crippen molar-refractivity contribution < 1.29 is 14.3 Å². The fraction of sp³-hybridized carbons (Fsp3) is 0.625. The normalized spacial score (nSPS) is 14.2. The van der Waals surface area contributed by atoms with E-state index in [0.29, 0.717) is 23.6 Å². The summed E-state index contributed by atoms with van der Waals surface area (Å²) in [5, 5.41) is 3.59. The van der Waals surface area contributed by atoms with E-state index in [1.54, 1.807) is 18.3 Å². The average Bonchev–Trinajstić information content (AvgIpc) is 2.61. The Bertz CT molecular complexity index is 522. The number of carbonyl (C=O) groups excluding carboxylic acids is 2. The van der Waals surface area contributed by atoms with Crippen LogP contribution in [0.25, 0.3) is 0 Å². The number of fused-ring (bicyclic) bond motifs is 1. The first-order valence-electron chi connectivity index (χ1n) is 7.78. The number of anilines is 1. The van der Waals surface area contributed by atoms with Crippen LogP contribution in [-0.4, -0.2) is 18.5 Å². The zero-order valence-electron chi connectivity index (χ0n) is 12.8. The highest BCUT2D eigenvalue weighted by atomic mass is 32.1. The van der Waals surface area contributed by atoms with Gasteiger partial charge in [-0.15, -0.1) is 11.3 Å². The van der Waals surface area contributed by atoms with Gasteiger partial charge < -0.3 is 10.1 Å². The molecule has 0 atom stereocenters. The molecule has 1 aromatic rings. The highest BCUT2D eigenvalue weighted by Crippen LogP contribution is 2.38. The molecular weight excluding hydrogens is 286 g/mol. The summed E-state index contributed by atoms with van der Waals surface area (Å²) in [5.41, 5.74) is 1.70. The smallest absolute Gasteiger partial charge is 0.341 e. The molecule has 0 saturated carbocycles. The van der Waals surface area contributed by atoms with Crippen LogP contribution in [0, 0.1) is 0 Å². The molecule has 1 aliphatic rings. The zero-order chi connectivity index (χ0) is 15.2. The number of nitrogens with one attached hydrogen (secondary N) is 1. The second-order valence-corrected chi connectivity index (χ2v) is 6.39. The molecule has 0 aromatic carbocycles. The third-order valence-corrected chi connectivity index (χ3v) is 4.84. The van der Waals surface area contributed by atoms with E-state index in [2.05, 4.69) is 5.32 Å². The molecule has 2 rings (SSSR count). The molecule has 4 nitrogen and oxygen atoms in total. The Kier molecular flexibility index (Phi) is 5.79. The van der Waals surface area contributed by atoms with E-state index in [-0.39, 0.29) is 11.9 Å². The zero-order valence-corrected chi connectivity index (χ0v) is 13.6. The summed E-state index contributed by atoms with van der Waals surface area (Å²) in [7, 11) is 0. The summed E-state index contributed by atoms with van der Waals surface area (Å²) >= 11 is 1.55. The lowest BCUT2D eigenvalue weighted by molar-refractivity contribution is -0.116. The van der Waals surface area contributed by atoms with Crippen molar-refractivity contribution in [2.45, 2.75) is 58.8 Å². The van der Waals surface area contributed by atoms with Gasteiger partial charge in [0, 0.05) is 11.3 Å². The Morgan fingerprint density at radius 2 is 1.95 bits per heavy atom. The number of carbonyl (C=O) groups is 2. The average molecular weight is 309 g/mol. The summed E-state index contributed by atoms with van der Waals surface area (Å²) in [6, 6.07) is 0. The molecule has 0 aliphatic heterocycles. The highest BCUT2D eigenvalue weighted by Gasteiger charge is 2.26. The van der Waals surface area contributed by atoms with E-state index in [9.17, 15) is 9.59 Å². The van der Waals surface area contributed by atoms with Gasteiger partial charge in [-0.1, -0.05) is 13.3 Å². The Morgan fingerprint density at radius 3 is 2.67 bits per heavy atom. The SMILES string of the molecule is CCCC(=O)Nc1sc2c(c1C(=O)OCC)CCCCC2. The largest absolute Gasteiger partial charge is 0.462 e. The minimum atomic E-state index is -0.302. The van der Waals surface area contributed by atoms with Gasteiger partial charge in [-0.05, 0) is 44.6 Å². The number of amides is 1. The lowest BCUT2D eigenvalue weighted by Gasteiger charge is -2.08. The van der Waals surface area contributed by atoms with Crippen molar-refractivity contribution in [3.63, 3.8) is 0 Å². The molecule has 1 N–H and O–H groups in total. The molecule has 0 spiro atoms. The van der Waals surface area contributed by atoms with E-state index in [1.165, 1.54) is 11.3 Å². The molecule has 1 aliphatic carbocycles. The minimum Gasteiger partial charge on any atom is -0.462 e. The number of aryl methyl sites for hydroxylation is 1. The van der Waals surface area contributed by atoms with Crippen LogP contribution in [0.2, 0.25) is 0 Å². The monoisotopic (exact) mass is 309 g/mol. The van der Waals surface area contributed by atoms with E-state index in [1.807, 2.05) is 6.92 Å². The van der Waals surface area contributed by atoms with Crippen LogP contribution >= 0.6 is 11.3 Å². The molecule has 0 fully saturated rings. The van der Waals surface area contributed by atoms with Gasteiger partial charge in [-0.25, -0.2) is 4.79 Å². The predicted octanol–water partition coefficient (Wildman–Crippen LogP) is 3.93. The fourth-order valence-electron chi connectivity index (χ4n) is 2.67. The molecular formula is C16H23NO3S. The highest BCUT2D eigenvalue weighted by molar-refractivity contribution is 7.17. The molecule has 1 heterocycles. The van der Waals surface area contributed by atoms with E-state index < -0.39 is 0 Å². The van der Waals surface area contributed by atoms with Crippen molar-refractivity contribution in [1.29, 1.82) is 0 Å². The number of hydrogen-bond donors (Lipinski definition) is 1. The maximum absolute atomic E-state index is 12.3. The van der Waals surface area contributed by atoms with Gasteiger partial charge in [0.1, 0.15) is 5.00 Å². The molecule has 0 saturated heterocycles. The van der Waals surface area contributed by atoms with Crippen LogP contribution in [-0.2, 0) is 22.4 Å². The lowest BCUT2D eigenvalue weighted by Crippen LogP contribution is -2.14. The number of ether oxygens (including phenoxy) is 1. The summed E-state index contributed by atoms with van der Waals surface area (Å²) in [5.74, 6) is -0.330. The van der Waals surface area contributed by atoms with Crippen LogP contribution in [0.3, 0.4) is 0 Å². The topological polar surface area (TPSA) is 55.4 Å². The van der Waals surface area contributed by atoms with Crippen LogP contribution in [0.1, 0.15) is 66.8 Å². The van der Waals surface area contributed by atoms with Crippen molar-refractivity contribution >= 4 is 28.2 Å². The Balaban J connectivity index is 2.34. The second kappa shape index (κ2) is 7.59. The summed E-state index contributed by atoms with van der Waals surface area (Å²) < 4.78 is 5.19. The van der Waals surface area contributed by atoms with Gasteiger partial charge in [0.15, 0.2) is 0 Å². The standard InChI is InChI=1S/C16H23NO3S/c1-3-8-13(18)17-15-14(16(19)20-4-2)11-9-6-5-7-10-12(11)21-15/h3-10H2,1-2H3,(H,17,18). The van der Waals surface area contributed by atoms with E-state index in [0.717, 1.165) is 37.7 Å². The van der Waals surface area contributed by atoms with Gasteiger partial charge in [-0.3, -0.25) is 4.79 Å². The van der Waals surface area contributed by atoms with Crippen molar-refractivity contribution in [2.75, 3.05) is 11.9 Å². The Labute approximate surface area is 129 Å². The first kappa shape index (κ1) is 16.0. The van der Waals surface area contributed by atoms with Crippen LogP contribution < -0.4 is 5.32 Å². The molecule has 21 heavy (non-hydrogen) atoms. The third kappa shape index (κ3) is 3.84. The third-order valence-electron chi connectivity index (χ3n) is 3.63. The van der Waals surface area contributed by atoms with E-state index >= 15 is 0 Å². The Hall–Kier alpha value is -1.36. The fourth-order valence-corrected chi connectivity index (χ4v) is 3.96. The molecule has 5 heteroatoms. The minimum absolute atomic E-state index is 0.0283. The quantitative estimate of drug-likeness (QED) is 0.662. The number of hydrogen-bond acceptors (Lipinski definition) is 4. The van der Waals surface area contributed by atoms with Crippen LogP contribution in [0.15, 0.2) is 0 Å². The summed E-state index contributed by atoms with van der Waals surface area (Å²) in [6.45, 7) is 4.12. The number of esters is 1. The van der Waals surface area contributed by atoms with Crippen LogP contribution in [0.5, 0.6) is 0 Å². The van der Waals surface area contributed by atoms with Gasteiger partial charge in [0.2, 0.25) is 5.91 Å². The van der Waals surface area contributed by atoms with Crippen molar-refractivity contribution in [3.05, 3.63) is 16.0 Å². The number of thiophene rings is 1. The molecule has 0 bridgehead atoms. The summed E-state index contributed by atoms with van der Waals surface area (Å²) in [4.78, 5) is 25.4. The summed E-state index contributed by atoms with van der Waals surface area (Å²) in [6.07, 6.45) is 6.62. The molecule has 0 radical (unpaired) electrons.